The summed E-state index contributed by atoms with van der Waals surface area (Å²) in [5, 5.41) is 10.9. The largest absolute Gasteiger partial charge is 0.506 e. The van der Waals surface area contributed by atoms with Gasteiger partial charge in [0.25, 0.3) is 0 Å². The van der Waals surface area contributed by atoms with E-state index in [-0.39, 0.29) is 5.75 Å². The lowest BCUT2D eigenvalue weighted by Gasteiger charge is -2.05. The van der Waals surface area contributed by atoms with Gasteiger partial charge in [0, 0.05) is 17.5 Å². The number of hydrogen-bond acceptors (Lipinski definition) is 2. The van der Waals surface area contributed by atoms with Gasteiger partial charge in [-0.05, 0) is 29.8 Å². The van der Waals surface area contributed by atoms with Crippen molar-refractivity contribution in [1.29, 1.82) is 0 Å². The molecule has 3 rings (SSSR count). The number of phenols is 1. The molecule has 0 aliphatic heterocycles. The molecule has 1 heterocycles. The third-order valence-corrected chi connectivity index (χ3v) is 3.36. The minimum absolute atomic E-state index is 0.108. The Morgan fingerprint density at radius 1 is 1.00 bits per heavy atom. The Morgan fingerprint density at radius 3 is 2.68 bits per heavy atom. The average Bonchev–Trinajstić information content (AvgIpc) is 2.43. The van der Waals surface area contributed by atoms with Gasteiger partial charge in [0.15, 0.2) is 0 Å². The predicted octanol–water partition coefficient (Wildman–Crippen LogP) is 4.18. The molecule has 0 spiro atoms. The van der Waals surface area contributed by atoms with Crippen LogP contribution in [0.1, 0.15) is 11.3 Å². The van der Waals surface area contributed by atoms with Crippen LogP contribution in [0.2, 0.25) is 5.02 Å². The smallest absolute Gasteiger partial charge is 0.134 e. The van der Waals surface area contributed by atoms with Crippen LogP contribution in [-0.4, -0.2) is 10.1 Å². The first-order chi connectivity index (χ1) is 9.22. The van der Waals surface area contributed by atoms with E-state index in [1.165, 1.54) is 0 Å². The van der Waals surface area contributed by atoms with Gasteiger partial charge in [0.1, 0.15) is 5.75 Å². The highest BCUT2D eigenvalue weighted by molar-refractivity contribution is 6.32. The second kappa shape index (κ2) is 4.90. The minimum atomic E-state index is 0.108. The van der Waals surface area contributed by atoms with E-state index in [9.17, 15) is 5.11 Å². The summed E-state index contributed by atoms with van der Waals surface area (Å²) in [7, 11) is 0. The molecule has 3 heteroatoms. The number of rotatable bonds is 2. The van der Waals surface area contributed by atoms with Crippen LogP contribution in [0.5, 0.6) is 5.75 Å². The van der Waals surface area contributed by atoms with Gasteiger partial charge in [0.2, 0.25) is 0 Å². The number of aromatic hydroxyl groups is 1. The number of fused-ring (bicyclic) bond motifs is 1. The Kier molecular flexibility index (Phi) is 3.10. The highest BCUT2D eigenvalue weighted by atomic mass is 35.5. The summed E-state index contributed by atoms with van der Waals surface area (Å²) in [6, 6.07) is 17.4. The van der Waals surface area contributed by atoms with Crippen LogP contribution in [0.4, 0.5) is 0 Å². The highest BCUT2D eigenvalue weighted by Crippen LogP contribution is 2.25. The quantitative estimate of drug-likeness (QED) is 0.757. The maximum atomic E-state index is 9.40. The number of phenolic OH excluding ortho intramolecular Hbond substituents is 1. The summed E-state index contributed by atoms with van der Waals surface area (Å²) in [4.78, 5) is 4.62. The van der Waals surface area contributed by atoms with Crippen molar-refractivity contribution >= 4 is 22.5 Å². The van der Waals surface area contributed by atoms with E-state index >= 15 is 0 Å². The van der Waals surface area contributed by atoms with Crippen molar-refractivity contribution in [3.8, 4) is 5.75 Å². The molecule has 0 amide bonds. The van der Waals surface area contributed by atoms with Crippen molar-refractivity contribution in [2.24, 2.45) is 0 Å². The first kappa shape index (κ1) is 12.0. The fraction of sp³-hybridized carbons (Fsp3) is 0.0625. The summed E-state index contributed by atoms with van der Waals surface area (Å²) in [5.41, 5.74) is 3.01. The van der Waals surface area contributed by atoms with E-state index in [1.807, 2.05) is 36.4 Å². The van der Waals surface area contributed by atoms with Gasteiger partial charge < -0.3 is 5.11 Å². The van der Waals surface area contributed by atoms with Crippen LogP contribution < -0.4 is 0 Å². The Morgan fingerprint density at radius 2 is 1.84 bits per heavy atom. The molecule has 0 fully saturated rings. The molecule has 0 saturated heterocycles. The van der Waals surface area contributed by atoms with Crippen molar-refractivity contribution in [1.82, 2.24) is 4.98 Å². The van der Waals surface area contributed by atoms with E-state index in [0.29, 0.717) is 11.4 Å². The predicted molar refractivity (Wildman–Crippen MR) is 77.7 cm³/mol. The molecule has 0 bridgehead atoms. The summed E-state index contributed by atoms with van der Waals surface area (Å²) >= 11 is 5.90. The Hall–Kier alpha value is -2.06. The summed E-state index contributed by atoms with van der Waals surface area (Å²) in [5.74, 6) is 0.108. The van der Waals surface area contributed by atoms with E-state index in [1.54, 1.807) is 12.1 Å². The molecular formula is C16H12ClNO. The second-order valence-electron chi connectivity index (χ2n) is 4.46. The van der Waals surface area contributed by atoms with Crippen molar-refractivity contribution in [3.05, 3.63) is 70.9 Å². The van der Waals surface area contributed by atoms with Gasteiger partial charge in [-0.25, -0.2) is 0 Å². The second-order valence-corrected chi connectivity index (χ2v) is 4.87. The van der Waals surface area contributed by atoms with Crippen LogP contribution in [-0.2, 0) is 6.42 Å². The lowest BCUT2D eigenvalue weighted by atomic mass is 10.1. The Bertz CT molecular complexity index is 740. The summed E-state index contributed by atoms with van der Waals surface area (Å²) in [6.07, 6.45) is 0.699. The third-order valence-electron chi connectivity index (χ3n) is 3.05. The van der Waals surface area contributed by atoms with Crippen LogP contribution in [0.25, 0.3) is 10.9 Å². The first-order valence-electron chi connectivity index (χ1n) is 6.04. The molecule has 3 aromatic rings. The number of pyridine rings is 1. The first-order valence-corrected chi connectivity index (χ1v) is 6.42. The maximum absolute atomic E-state index is 9.40. The summed E-state index contributed by atoms with van der Waals surface area (Å²) < 4.78 is 0. The number of nitrogens with zero attached hydrogens (tertiary/aromatic N) is 1. The zero-order chi connectivity index (χ0) is 13.2. The zero-order valence-corrected chi connectivity index (χ0v) is 10.9. The van der Waals surface area contributed by atoms with E-state index in [4.69, 9.17) is 11.6 Å². The summed E-state index contributed by atoms with van der Waals surface area (Å²) in [6.45, 7) is 0. The molecule has 1 N–H and O–H groups in total. The molecule has 0 aliphatic carbocycles. The average molecular weight is 270 g/mol. The zero-order valence-electron chi connectivity index (χ0n) is 10.2. The maximum Gasteiger partial charge on any atom is 0.134 e. The molecule has 0 unspecified atom stereocenters. The van der Waals surface area contributed by atoms with Crippen molar-refractivity contribution in [2.75, 3.05) is 0 Å². The van der Waals surface area contributed by atoms with Crippen LogP contribution in [0, 0.1) is 0 Å². The minimum Gasteiger partial charge on any atom is -0.506 e. The SMILES string of the molecule is Oc1ccc(Cc2ccc3ccccc3n2)cc1Cl. The van der Waals surface area contributed by atoms with Crippen molar-refractivity contribution in [2.45, 2.75) is 6.42 Å². The van der Waals surface area contributed by atoms with Crippen LogP contribution in [0.15, 0.2) is 54.6 Å². The van der Waals surface area contributed by atoms with E-state index < -0.39 is 0 Å². The Balaban J connectivity index is 1.94. The molecule has 1 aromatic heterocycles. The topological polar surface area (TPSA) is 33.1 Å². The monoisotopic (exact) mass is 269 g/mol. The van der Waals surface area contributed by atoms with Crippen molar-refractivity contribution < 1.29 is 5.11 Å². The van der Waals surface area contributed by atoms with Gasteiger partial charge >= 0.3 is 0 Å². The lowest BCUT2D eigenvalue weighted by Crippen LogP contribution is -1.92. The molecule has 0 atom stereocenters. The number of halogens is 1. The number of hydrogen-bond donors (Lipinski definition) is 1. The molecule has 94 valence electrons. The molecule has 2 aromatic carbocycles. The molecule has 2 nitrogen and oxygen atoms in total. The molecule has 19 heavy (non-hydrogen) atoms. The van der Waals surface area contributed by atoms with Gasteiger partial charge in [-0.2, -0.15) is 0 Å². The van der Waals surface area contributed by atoms with Gasteiger partial charge in [-0.1, -0.05) is 41.9 Å². The van der Waals surface area contributed by atoms with Gasteiger partial charge in [-0.3, -0.25) is 4.98 Å². The third kappa shape index (κ3) is 2.54. The fourth-order valence-corrected chi connectivity index (χ4v) is 2.28. The van der Waals surface area contributed by atoms with Crippen LogP contribution >= 0.6 is 11.6 Å². The number of aromatic nitrogens is 1. The Labute approximate surface area is 116 Å². The molecular weight excluding hydrogens is 258 g/mol. The van der Waals surface area contributed by atoms with Gasteiger partial charge in [0.05, 0.1) is 10.5 Å². The molecule has 0 radical (unpaired) electrons. The van der Waals surface area contributed by atoms with E-state index in [0.717, 1.165) is 22.2 Å². The highest BCUT2D eigenvalue weighted by Gasteiger charge is 2.03. The van der Waals surface area contributed by atoms with Gasteiger partial charge in [-0.15, -0.1) is 0 Å². The molecule has 0 saturated carbocycles. The lowest BCUT2D eigenvalue weighted by molar-refractivity contribution is 0.475. The molecule has 0 aliphatic rings. The van der Waals surface area contributed by atoms with E-state index in [2.05, 4.69) is 11.1 Å². The van der Waals surface area contributed by atoms with Crippen molar-refractivity contribution in [3.63, 3.8) is 0 Å². The number of benzene rings is 2. The fourth-order valence-electron chi connectivity index (χ4n) is 2.08. The van der Waals surface area contributed by atoms with Crippen LogP contribution in [0.3, 0.4) is 0 Å². The standard InChI is InChI=1S/C16H12ClNO/c17-14-10-11(5-8-16(14)19)9-13-7-6-12-3-1-2-4-15(12)18-13/h1-8,10,19H,9H2. The number of para-hydroxylation sites is 1. The normalized spacial score (nSPS) is 10.8.